The van der Waals surface area contributed by atoms with Gasteiger partial charge in [-0.15, -0.1) is 11.3 Å². The summed E-state index contributed by atoms with van der Waals surface area (Å²) in [5.74, 6) is 0. The van der Waals surface area contributed by atoms with Gasteiger partial charge >= 0.3 is 0 Å². The van der Waals surface area contributed by atoms with Crippen molar-refractivity contribution in [2.45, 2.75) is 32.2 Å². The first-order valence-electron chi connectivity index (χ1n) is 6.66. The Morgan fingerprint density at radius 2 is 2.10 bits per heavy atom. The quantitative estimate of drug-likeness (QED) is 0.850. The van der Waals surface area contributed by atoms with Gasteiger partial charge in [0, 0.05) is 30.4 Å². The van der Waals surface area contributed by atoms with E-state index in [-0.39, 0.29) is 4.90 Å². The maximum absolute atomic E-state index is 12.4. The second-order valence-corrected chi connectivity index (χ2v) is 7.71. The highest BCUT2D eigenvalue weighted by molar-refractivity contribution is 7.93. The van der Waals surface area contributed by atoms with Crippen LogP contribution in [-0.4, -0.2) is 24.5 Å². The van der Waals surface area contributed by atoms with Crippen molar-refractivity contribution in [2.24, 2.45) is 7.05 Å². The molecule has 0 aliphatic carbocycles. The van der Waals surface area contributed by atoms with E-state index in [1.807, 2.05) is 32.4 Å². The van der Waals surface area contributed by atoms with Crippen molar-refractivity contribution >= 4 is 26.5 Å². The van der Waals surface area contributed by atoms with Crippen LogP contribution in [0.25, 0.3) is 0 Å². The van der Waals surface area contributed by atoms with Gasteiger partial charge in [-0.2, -0.15) is 0 Å². The lowest BCUT2D eigenvalue weighted by molar-refractivity contribution is 0.601. The Morgan fingerprint density at radius 3 is 2.67 bits per heavy atom. The molecule has 2 aromatic heterocycles. The fraction of sp³-hybridized carbons (Fsp3) is 0.462. The topological polar surface area (TPSA) is 76.0 Å². The van der Waals surface area contributed by atoms with Crippen LogP contribution in [0.2, 0.25) is 0 Å². The summed E-state index contributed by atoms with van der Waals surface area (Å²) in [4.78, 5) is 5.47. The van der Waals surface area contributed by atoms with Crippen molar-refractivity contribution in [3.05, 3.63) is 28.5 Å². The van der Waals surface area contributed by atoms with Crippen molar-refractivity contribution in [3.8, 4) is 0 Å². The molecule has 116 valence electrons. The first kappa shape index (κ1) is 16.0. The maximum atomic E-state index is 12.4. The number of hydrogen-bond donors (Lipinski definition) is 2. The van der Waals surface area contributed by atoms with E-state index < -0.39 is 10.0 Å². The second kappa shape index (κ2) is 6.17. The molecule has 8 heteroatoms. The van der Waals surface area contributed by atoms with E-state index in [2.05, 4.69) is 15.0 Å². The summed E-state index contributed by atoms with van der Waals surface area (Å²) in [6, 6.07) is 1.68. The van der Waals surface area contributed by atoms with Gasteiger partial charge in [0.15, 0.2) is 5.13 Å². The van der Waals surface area contributed by atoms with Gasteiger partial charge in [0.2, 0.25) is 0 Å². The summed E-state index contributed by atoms with van der Waals surface area (Å²) < 4.78 is 29.1. The van der Waals surface area contributed by atoms with Crippen LogP contribution in [0.1, 0.15) is 23.2 Å². The number of aryl methyl sites for hydroxylation is 3. The Bertz CT molecular complexity index is 712. The molecule has 2 heterocycles. The first-order valence-corrected chi connectivity index (χ1v) is 8.96. The summed E-state index contributed by atoms with van der Waals surface area (Å²) in [5, 5.41) is 3.59. The molecule has 0 spiro atoms. The molecule has 0 amide bonds. The van der Waals surface area contributed by atoms with E-state index in [0.29, 0.717) is 11.7 Å². The lowest BCUT2D eigenvalue weighted by Crippen LogP contribution is -2.14. The van der Waals surface area contributed by atoms with Crippen LogP contribution in [-0.2, 0) is 23.6 Å². The zero-order chi connectivity index (χ0) is 15.6. The Labute approximate surface area is 129 Å². The van der Waals surface area contributed by atoms with Gasteiger partial charge in [-0.1, -0.05) is 6.92 Å². The highest BCUT2D eigenvalue weighted by Crippen LogP contribution is 2.24. The van der Waals surface area contributed by atoms with Crippen molar-refractivity contribution in [1.82, 2.24) is 14.9 Å². The van der Waals surface area contributed by atoms with Crippen LogP contribution in [0.5, 0.6) is 0 Å². The minimum Gasteiger partial charge on any atom is -0.352 e. The average Bonchev–Trinajstić information content (AvgIpc) is 2.91. The molecule has 0 bridgehead atoms. The number of hydrogen-bond acceptors (Lipinski definition) is 5. The molecule has 6 nitrogen and oxygen atoms in total. The molecule has 0 aliphatic rings. The monoisotopic (exact) mass is 328 g/mol. The summed E-state index contributed by atoms with van der Waals surface area (Å²) in [5.41, 5.74) is 1.77. The van der Waals surface area contributed by atoms with Gasteiger partial charge in [0.25, 0.3) is 10.0 Å². The number of nitrogens with zero attached hydrogens (tertiary/aromatic N) is 2. The average molecular weight is 328 g/mol. The molecule has 2 aromatic rings. The molecule has 0 saturated carbocycles. The van der Waals surface area contributed by atoms with Gasteiger partial charge in [0.1, 0.15) is 4.90 Å². The Hall–Kier alpha value is -1.38. The summed E-state index contributed by atoms with van der Waals surface area (Å²) in [7, 11) is -1.76. The molecule has 0 saturated heterocycles. The van der Waals surface area contributed by atoms with E-state index in [0.717, 1.165) is 22.8 Å². The molecule has 0 radical (unpaired) electrons. The minimum atomic E-state index is -3.59. The zero-order valence-corrected chi connectivity index (χ0v) is 14.2. The molecule has 0 atom stereocenters. The van der Waals surface area contributed by atoms with E-state index >= 15 is 0 Å². The van der Waals surface area contributed by atoms with Crippen molar-refractivity contribution in [2.75, 3.05) is 11.3 Å². The highest BCUT2D eigenvalue weighted by atomic mass is 32.2. The Balaban J connectivity index is 2.23. The SMILES string of the molecule is CCNCc1cc(S(=O)(=O)Nc2nc(C)c(C)s2)cn1C. The van der Waals surface area contributed by atoms with Crippen LogP contribution in [0, 0.1) is 13.8 Å². The van der Waals surface area contributed by atoms with E-state index in [4.69, 9.17) is 0 Å². The predicted molar refractivity (Wildman–Crippen MR) is 85.2 cm³/mol. The summed E-state index contributed by atoms with van der Waals surface area (Å²) >= 11 is 1.34. The lowest BCUT2D eigenvalue weighted by atomic mass is 10.4. The molecule has 0 aromatic carbocycles. The summed E-state index contributed by atoms with van der Waals surface area (Å²) in [6.07, 6.45) is 1.61. The summed E-state index contributed by atoms with van der Waals surface area (Å²) in [6.45, 7) is 7.26. The third-order valence-corrected chi connectivity index (χ3v) is 5.62. The number of nitrogens with one attached hydrogen (secondary N) is 2. The fourth-order valence-corrected chi connectivity index (χ4v) is 3.99. The van der Waals surface area contributed by atoms with Gasteiger partial charge < -0.3 is 9.88 Å². The largest absolute Gasteiger partial charge is 0.352 e. The standard InChI is InChI=1S/C13H20N4O2S2/c1-5-14-7-11-6-12(8-17(11)4)21(18,19)16-13-15-9(2)10(3)20-13/h6,8,14H,5,7H2,1-4H3,(H,15,16). The van der Waals surface area contributed by atoms with Crippen molar-refractivity contribution in [3.63, 3.8) is 0 Å². The van der Waals surface area contributed by atoms with E-state index in [1.54, 1.807) is 12.3 Å². The molecule has 0 aliphatic heterocycles. The molecule has 21 heavy (non-hydrogen) atoms. The van der Waals surface area contributed by atoms with Crippen LogP contribution in [0.4, 0.5) is 5.13 Å². The predicted octanol–water partition coefficient (Wildman–Crippen LogP) is 2.01. The molecule has 0 unspecified atom stereocenters. The molecule has 2 rings (SSSR count). The number of anilines is 1. The van der Waals surface area contributed by atoms with Crippen molar-refractivity contribution < 1.29 is 8.42 Å². The fourth-order valence-electron chi connectivity index (χ4n) is 1.84. The Kier molecular flexibility index (Phi) is 4.70. The van der Waals surface area contributed by atoms with E-state index in [9.17, 15) is 8.42 Å². The number of aromatic nitrogens is 2. The zero-order valence-electron chi connectivity index (χ0n) is 12.6. The van der Waals surface area contributed by atoms with Crippen LogP contribution in [0.3, 0.4) is 0 Å². The number of sulfonamides is 1. The first-order chi connectivity index (χ1) is 9.83. The number of thiazole rings is 1. The van der Waals surface area contributed by atoms with Crippen LogP contribution in [0.15, 0.2) is 17.2 Å². The smallest absolute Gasteiger partial charge is 0.265 e. The van der Waals surface area contributed by atoms with Gasteiger partial charge in [-0.3, -0.25) is 4.72 Å². The third kappa shape index (κ3) is 3.63. The van der Waals surface area contributed by atoms with Crippen molar-refractivity contribution in [1.29, 1.82) is 0 Å². The third-order valence-electron chi connectivity index (χ3n) is 3.20. The van der Waals surface area contributed by atoms with Gasteiger partial charge in [0.05, 0.1) is 5.69 Å². The Morgan fingerprint density at radius 1 is 1.38 bits per heavy atom. The maximum Gasteiger partial charge on any atom is 0.265 e. The number of rotatable bonds is 6. The molecule has 0 fully saturated rings. The van der Waals surface area contributed by atoms with Gasteiger partial charge in [-0.25, -0.2) is 13.4 Å². The molecular formula is C13H20N4O2S2. The minimum absolute atomic E-state index is 0.253. The molecular weight excluding hydrogens is 308 g/mol. The normalized spacial score (nSPS) is 11.8. The van der Waals surface area contributed by atoms with Crippen LogP contribution >= 0.6 is 11.3 Å². The molecule has 2 N–H and O–H groups in total. The second-order valence-electron chi connectivity index (χ2n) is 4.82. The van der Waals surface area contributed by atoms with E-state index in [1.165, 1.54) is 11.3 Å². The highest BCUT2D eigenvalue weighted by Gasteiger charge is 2.19. The van der Waals surface area contributed by atoms with Crippen LogP contribution < -0.4 is 10.0 Å². The lowest BCUT2D eigenvalue weighted by Gasteiger charge is -2.02. The van der Waals surface area contributed by atoms with Gasteiger partial charge in [-0.05, 0) is 26.5 Å².